The third-order valence-corrected chi connectivity index (χ3v) is 7.90. The van der Waals surface area contributed by atoms with E-state index in [1.54, 1.807) is 11.8 Å². The van der Waals surface area contributed by atoms with Crippen LogP contribution in [0.3, 0.4) is 0 Å². The molecule has 180 valence electrons. The standard InChI is InChI=1S/C24H31BrN2O6/c1-4-32-23(31)17-18-22(30)27(9-5-6-10-28)20(24(18)12-15(25)19(17)33-24)21(29)26-16-11-13(2)7-8-14(16)3/h7-8,11,15,17-20,28H,4-6,9-10,12H2,1-3H3,(H,26,29)/t15?,17-,18-,19-,20?,24?/m0/s1. The second-order valence-electron chi connectivity index (χ2n) is 9.19. The molecule has 0 aliphatic carbocycles. The third-order valence-electron chi connectivity index (χ3n) is 7.05. The summed E-state index contributed by atoms with van der Waals surface area (Å²) in [7, 11) is 0. The molecule has 1 spiro atoms. The van der Waals surface area contributed by atoms with Crippen LogP contribution in [0, 0.1) is 25.7 Å². The summed E-state index contributed by atoms with van der Waals surface area (Å²) >= 11 is 3.63. The number of carbonyl (C=O) groups is 3. The first-order valence-electron chi connectivity index (χ1n) is 11.5. The molecule has 3 unspecified atom stereocenters. The zero-order valence-electron chi connectivity index (χ0n) is 19.2. The molecule has 3 aliphatic heterocycles. The van der Waals surface area contributed by atoms with Gasteiger partial charge >= 0.3 is 5.97 Å². The minimum absolute atomic E-state index is 0.00342. The maximum atomic E-state index is 13.7. The number of fused-ring (bicyclic) bond motifs is 1. The average molecular weight is 523 g/mol. The number of amides is 2. The lowest BCUT2D eigenvalue weighted by Gasteiger charge is -2.34. The van der Waals surface area contributed by atoms with Crippen LogP contribution >= 0.6 is 15.9 Å². The van der Waals surface area contributed by atoms with Crippen LogP contribution in [0.2, 0.25) is 0 Å². The van der Waals surface area contributed by atoms with Crippen molar-refractivity contribution in [2.45, 2.75) is 62.6 Å². The van der Waals surface area contributed by atoms with Crippen LogP contribution in [0.4, 0.5) is 5.69 Å². The van der Waals surface area contributed by atoms with Crippen LogP contribution in [0.5, 0.6) is 0 Å². The molecule has 1 aromatic carbocycles. The molecule has 6 atom stereocenters. The fourth-order valence-corrected chi connectivity index (χ4v) is 6.59. The van der Waals surface area contributed by atoms with Crippen molar-refractivity contribution < 1.29 is 29.0 Å². The van der Waals surface area contributed by atoms with E-state index in [4.69, 9.17) is 9.47 Å². The molecule has 2 bridgehead atoms. The number of carbonyl (C=O) groups excluding carboxylic acids is 3. The van der Waals surface area contributed by atoms with E-state index in [2.05, 4.69) is 21.2 Å². The Morgan fingerprint density at radius 1 is 1.33 bits per heavy atom. The number of nitrogens with one attached hydrogen (secondary N) is 1. The highest BCUT2D eigenvalue weighted by molar-refractivity contribution is 9.09. The summed E-state index contributed by atoms with van der Waals surface area (Å²) < 4.78 is 11.7. The molecule has 0 aromatic heterocycles. The highest BCUT2D eigenvalue weighted by Gasteiger charge is 2.76. The first-order valence-corrected chi connectivity index (χ1v) is 12.4. The lowest BCUT2D eigenvalue weighted by molar-refractivity contribution is -0.154. The van der Waals surface area contributed by atoms with Crippen LogP contribution < -0.4 is 5.32 Å². The molecule has 33 heavy (non-hydrogen) atoms. The molecule has 0 saturated carbocycles. The Kier molecular flexibility index (Phi) is 6.85. The molecule has 1 aromatic rings. The van der Waals surface area contributed by atoms with Gasteiger partial charge in [0.25, 0.3) is 0 Å². The molecule has 0 radical (unpaired) electrons. The molecular weight excluding hydrogens is 492 g/mol. The van der Waals surface area contributed by atoms with Gasteiger partial charge in [-0.1, -0.05) is 28.1 Å². The maximum Gasteiger partial charge on any atom is 0.312 e. The van der Waals surface area contributed by atoms with Crippen molar-refractivity contribution in [3.05, 3.63) is 29.3 Å². The number of hydrogen-bond acceptors (Lipinski definition) is 6. The SMILES string of the molecule is CCOC(=O)[C@H]1[C@H]2C(=O)N(CCCCO)C(C(=O)Nc3cc(C)ccc3C)C23CC(Br)[C@@H]1O3. The largest absolute Gasteiger partial charge is 0.466 e. The number of anilines is 1. The summed E-state index contributed by atoms with van der Waals surface area (Å²) in [6, 6.07) is 4.93. The average Bonchev–Trinajstić information content (AvgIpc) is 3.35. The number of unbranched alkanes of at least 4 members (excludes halogenated alkanes) is 1. The lowest BCUT2D eigenvalue weighted by Crippen LogP contribution is -2.54. The second kappa shape index (κ2) is 9.35. The monoisotopic (exact) mass is 522 g/mol. The Balaban J connectivity index is 1.71. The van der Waals surface area contributed by atoms with Crippen molar-refractivity contribution >= 4 is 39.4 Å². The van der Waals surface area contributed by atoms with Gasteiger partial charge in [-0.3, -0.25) is 14.4 Å². The Hall–Kier alpha value is -1.97. The van der Waals surface area contributed by atoms with E-state index >= 15 is 0 Å². The topological polar surface area (TPSA) is 105 Å². The number of benzene rings is 1. The van der Waals surface area contributed by atoms with Crippen LogP contribution in [-0.4, -0.2) is 70.1 Å². The van der Waals surface area contributed by atoms with Gasteiger partial charge < -0.3 is 24.8 Å². The van der Waals surface area contributed by atoms with Crippen molar-refractivity contribution in [3.8, 4) is 0 Å². The molecule has 3 aliphatic rings. The van der Waals surface area contributed by atoms with Crippen molar-refractivity contribution in [2.24, 2.45) is 11.8 Å². The van der Waals surface area contributed by atoms with E-state index < -0.39 is 35.6 Å². The van der Waals surface area contributed by atoms with E-state index in [-0.39, 0.29) is 29.9 Å². The number of nitrogens with zero attached hydrogens (tertiary/aromatic N) is 1. The van der Waals surface area contributed by atoms with Crippen LogP contribution in [-0.2, 0) is 23.9 Å². The number of halogens is 1. The highest BCUT2D eigenvalue weighted by Crippen LogP contribution is 2.60. The fourth-order valence-electron chi connectivity index (χ4n) is 5.64. The molecule has 4 rings (SSSR count). The first kappa shape index (κ1) is 24.2. The minimum atomic E-state index is -1.10. The van der Waals surface area contributed by atoms with Crippen molar-refractivity contribution in [1.29, 1.82) is 0 Å². The number of hydrogen-bond donors (Lipinski definition) is 2. The Morgan fingerprint density at radius 2 is 2.09 bits per heavy atom. The van der Waals surface area contributed by atoms with Gasteiger partial charge in [-0.25, -0.2) is 0 Å². The molecule has 8 nitrogen and oxygen atoms in total. The van der Waals surface area contributed by atoms with Gasteiger partial charge in [0.15, 0.2) is 0 Å². The Bertz CT molecular complexity index is 955. The van der Waals surface area contributed by atoms with Gasteiger partial charge in [-0.15, -0.1) is 0 Å². The molecule has 9 heteroatoms. The van der Waals surface area contributed by atoms with Crippen molar-refractivity contribution in [1.82, 2.24) is 4.90 Å². The molecule has 2 amide bonds. The summed E-state index contributed by atoms with van der Waals surface area (Å²) in [4.78, 5) is 41.6. The molecule has 3 saturated heterocycles. The second-order valence-corrected chi connectivity index (χ2v) is 10.4. The van der Waals surface area contributed by atoms with Gasteiger partial charge in [0.1, 0.15) is 11.6 Å². The smallest absolute Gasteiger partial charge is 0.312 e. The van der Waals surface area contributed by atoms with Crippen LogP contribution in [0.1, 0.15) is 37.3 Å². The third kappa shape index (κ3) is 3.98. The summed E-state index contributed by atoms with van der Waals surface area (Å²) in [6.07, 6.45) is 0.988. The summed E-state index contributed by atoms with van der Waals surface area (Å²) in [5.74, 6) is -2.56. The quantitative estimate of drug-likeness (QED) is 0.308. The number of likely N-dealkylation sites (tertiary alicyclic amines) is 1. The highest BCUT2D eigenvalue weighted by atomic mass is 79.9. The summed E-state index contributed by atoms with van der Waals surface area (Å²) in [5.41, 5.74) is 1.51. The molecular formula is C24H31BrN2O6. The predicted octanol–water partition coefficient (Wildman–Crippen LogP) is 2.33. The number of esters is 1. The number of rotatable bonds is 8. The van der Waals surface area contributed by atoms with Crippen LogP contribution in [0.15, 0.2) is 18.2 Å². The normalized spacial score (nSPS) is 32.2. The zero-order chi connectivity index (χ0) is 23.9. The molecule has 3 heterocycles. The van der Waals surface area contributed by atoms with E-state index in [1.807, 2.05) is 32.0 Å². The molecule has 3 fully saturated rings. The Morgan fingerprint density at radius 3 is 2.79 bits per heavy atom. The fraction of sp³-hybridized carbons (Fsp3) is 0.625. The van der Waals surface area contributed by atoms with E-state index in [1.165, 1.54) is 0 Å². The first-order chi connectivity index (χ1) is 15.7. The maximum absolute atomic E-state index is 13.7. The predicted molar refractivity (Wildman–Crippen MR) is 125 cm³/mol. The van der Waals surface area contributed by atoms with Gasteiger partial charge in [0, 0.05) is 23.7 Å². The summed E-state index contributed by atoms with van der Waals surface area (Å²) in [5, 5.41) is 12.2. The number of ether oxygens (including phenoxy) is 2. The van der Waals surface area contributed by atoms with Gasteiger partial charge in [0.05, 0.1) is 24.5 Å². The summed E-state index contributed by atoms with van der Waals surface area (Å²) in [6.45, 7) is 6.11. The van der Waals surface area contributed by atoms with Gasteiger partial charge in [-0.05, 0) is 57.2 Å². The van der Waals surface area contributed by atoms with Crippen LogP contribution in [0.25, 0.3) is 0 Å². The minimum Gasteiger partial charge on any atom is -0.466 e. The lowest BCUT2D eigenvalue weighted by atomic mass is 9.70. The van der Waals surface area contributed by atoms with Crippen molar-refractivity contribution in [3.63, 3.8) is 0 Å². The number of alkyl halides is 1. The van der Waals surface area contributed by atoms with E-state index in [0.29, 0.717) is 31.5 Å². The number of aliphatic hydroxyl groups is 1. The van der Waals surface area contributed by atoms with Crippen molar-refractivity contribution in [2.75, 3.05) is 25.1 Å². The zero-order valence-corrected chi connectivity index (χ0v) is 20.8. The number of aryl methyl sites for hydroxylation is 2. The molecule has 2 N–H and O–H groups in total. The number of aliphatic hydroxyl groups excluding tert-OH is 1. The Labute approximate surface area is 202 Å². The van der Waals surface area contributed by atoms with E-state index in [9.17, 15) is 19.5 Å². The van der Waals surface area contributed by atoms with Gasteiger partial charge in [0.2, 0.25) is 11.8 Å². The van der Waals surface area contributed by atoms with E-state index in [0.717, 1.165) is 11.1 Å². The van der Waals surface area contributed by atoms with Gasteiger partial charge in [-0.2, -0.15) is 0 Å².